The van der Waals surface area contributed by atoms with E-state index in [1.807, 2.05) is 0 Å². The third-order valence-electron chi connectivity index (χ3n) is 1.51. The Morgan fingerprint density at radius 2 is 2.08 bits per heavy atom. The summed E-state index contributed by atoms with van der Waals surface area (Å²) in [6, 6.07) is 0. The van der Waals surface area contributed by atoms with Crippen molar-refractivity contribution in [3.63, 3.8) is 0 Å². The van der Waals surface area contributed by atoms with E-state index in [4.69, 9.17) is 5.73 Å². The fraction of sp³-hybridized carbons (Fsp3) is 0.857. The maximum absolute atomic E-state index is 11.6. The van der Waals surface area contributed by atoms with Crippen molar-refractivity contribution in [2.75, 3.05) is 13.1 Å². The lowest BCUT2D eigenvalue weighted by Gasteiger charge is -2.12. The second-order valence-electron chi connectivity index (χ2n) is 2.81. The highest BCUT2D eigenvalue weighted by Crippen LogP contribution is 2.12. The van der Waals surface area contributed by atoms with Gasteiger partial charge in [-0.3, -0.25) is 4.79 Å². The highest BCUT2D eigenvalue weighted by Gasteiger charge is 2.28. The average Bonchev–Trinajstić information content (AvgIpc) is 1.99. The topological polar surface area (TPSA) is 55.1 Å². The van der Waals surface area contributed by atoms with Gasteiger partial charge in [-0.2, -0.15) is 13.2 Å². The van der Waals surface area contributed by atoms with E-state index in [-0.39, 0.29) is 0 Å². The van der Waals surface area contributed by atoms with Crippen LogP contribution in [0.5, 0.6) is 0 Å². The first-order chi connectivity index (χ1) is 5.87. The first kappa shape index (κ1) is 12.2. The van der Waals surface area contributed by atoms with Crippen LogP contribution in [0.15, 0.2) is 0 Å². The highest BCUT2D eigenvalue weighted by atomic mass is 19.4. The summed E-state index contributed by atoms with van der Waals surface area (Å²) in [5.74, 6) is -1.07. The number of nitrogens with one attached hydrogen (secondary N) is 1. The molecule has 0 aliphatic heterocycles. The van der Waals surface area contributed by atoms with Gasteiger partial charge in [0.05, 0.1) is 0 Å². The number of halogens is 3. The van der Waals surface area contributed by atoms with Gasteiger partial charge in [0.1, 0.15) is 6.54 Å². The Morgan fingerprint density at radius 1 is 1.54 bits per heavy atom. The second-order valence-corrected chi connectivity index (χ2v) is 2.81. The molecule has 0 saturated heterocycles. The number of nitrogens with two attached hydrogens (primary N) is 1. The SMILES string of the molecule is CC(CCN)C(=O)NCC(F)(F)F. The molecule has 0 heterocycles. The minimum atomic E-state index is -4.35. The van der Waals surface area contributed by atoms with Crippen LogP contribution < -0.4 is 11.1 Å². The number of rotatable bonds is 4. The normalized spacial score (nSPS) is 13.9. The van der Waals surface area contributed by atoms with Crippen LogP contribution >= 0.6 is 0 Å². The molecular formula is C7H13F3N2O. The van der Waals surface area contributed by atoms with Gasteiger partial charge >= 0.3 is 6.18 Å². The van der Waals surface area contributed by atoms with Gasteiger partial charge < -0.3 is 11.1 Å². The molecule has 0 fully saturated rings. The van der Waals surface area contributed by atoms with Gasteiger partial charge in [-0.25, -0.2) is 0 Å². The van der Waals surface area contributed by atoms with Crippen molar-refractivity contribution < 1.29 is 18.0 Å². The summed E-state index contributed by atoms with van der Waals surface area (Å²) in [5.41, 5.74) is 5.15. The molecule has 13 heavy (non-hydrogen) atoms. The van der Waals surface area contributed by atoms with Crippen LogP contribution in [-0.4, -0.2) is 25.2 Å². The quantitative estimate of drug-likeness (QED) is 0.696. The van der Waals surface area contributed by atoms with E-state index in [1.54, 1.807) is 12.2 Å². The molecule has 0 rings (SSSR count). The predicted octanol–water partition coefficient (Wildman–Crippen LogP) is 0.650. The first-order valence-corrected chi connectivity index (χ1v) is 3.91. The lowest BCUT2D eigenvalue weighted by molar-refractivity contribution is -0.140. The van der Waals surface area contributed by atoms with Gasteiger partial charge in [-0.15, -0.1) is 0 Å². The third-order valence-corrected chi connectivity index (χ3v) is 1.51. The molecule has 3 nitrogen and oxygen atoms in total. The molecule has 0 aromatic carbocycles. The van der Waals surface area contributed by atoms with E-state index in [2.05, 4.69) is 0 Å². The van der Waals surface area contributed by atoms with Crippen molar-refractivity contribution in [2.24, 2.45) is 11.7 Å². The van der Waals surface area contributed by atoms with E-state index in [0.717, 1.165) is 0 Å². The minimum absolute atomic E-state index is 0.292. The van der Waals surface area contributed by atoms with Crippen LogP contribution in [0.25, 0.3) is 0 Å². The highest BCUT2D eigenvalue weighted by molar-refractivity contribution is 5.78. The number of amides is 1. The van der Waals surface area contributed by atoms with Gasteiger partial charge in [-0.1, -0.05) is 6.92 Å². The molecule has 0 spiro atoms. The lowest BCUT2D eigenvalue weighted by atomic mass is 10.1. The van der Waals surface area contributed by atoms with Gasteiger partial charge in [0.15, 0.2) is 0 Å². The van der Waals surface area contributed by atoms with Crippen LogP contribution in [0.2, 0.25) is 0 Å². The monoisotopic (exact) mass is 198 g/mol. The van der Waals surface area contributed by atoms with Crippen LogP contribution in [0.1, 0.15) is 13.3 Å². The molecular weight excluding hydrogens is 185 g/mol. The van der Waals surface area contributed by atoms with Crippen molar-refractivity contribution in [1.82, 2.24) is 5.32 Å². The lowest BCUT2D eigenvalue weighted by Crippen LogP contribution is -2.37. The fourth-order valence-electron chi connectivity index (χ4n) is 0.743. The van der Waals surface area contributed by atoms with Gasteiger partial charge in [0.2, 0.25) is 5.91 Å². The molecule has 0 radical (unpaired) electrons. The van der Waals surface area contributed by atoms with Gasteiger partial charge in [0, 0.05) is 5.92 Å². The molecule has 0 aromatic rings. The molecule has 0 aliphatic rings. The maximum atomic E-state index is 11.6. The van der Waals surface area contributed by atoms with Crippen molar-refractivity contribution in [3.05, 3.63) is 0 Å². The third kappa shape index (κ3) is 6.39. The van der Waals surface area contributed by atoms with Crippen LogP contribution in [0.4, 0.5) is 13.2 Å². The zero-order chi connectivity index (χ0) is 10.5. The molecule has 1 amide bonds. The second kappa shape index (κ2) is 5.06. The van der Waals surface area contributed by atoms with E-state index in [1.165, 1.54) is 0 Å². The Kier molecular flexibility index (Phi) is 4.76. The Bertz CT molecular complexity index is 170. The summed E-state index contributed by atoms with van der Waals surface area (Å²) in [7, 11) is 0. The number of carbonyl (C=O) groups is 1. The molecule has 1 atom stereocenters. The molecule has 1 unspecified atom stereocenters. The van der Waals surface area contributed by atoms with E-state index >= 15 is 0 Å². The Balaban J connectivity index is 3.74. The number of hydrogen-bond donors (Lipinski definition) is 2. The summed E-state index contributed by atoms with van der Waals surface area (Å²) < 4.78 is 34.9. The van der Waals surface area contributed by atoms with Crippen LogP contribution in [0.3, 0.4) is 0 Å². The number of carbonyl (C=O) groups excluding carboxylic acids is 1. The summed E-state index contributed by atoms with van der Waals surface area (Å²) in [4.78, 5) is 10.9. The van der Waals surface area contributed by atoms with Crippen molar-refractivity contribution in [3.8, 4) is 0 Å². The molecule has 0 bridgehead atoms. The minimum Gasteiger partial charge on any atom is -0.347 e. The van der Waals surface area contributed by atoms with E-state index < -0.39 is 24.5 Å². The molecule has 3 N–H and O–H groups in total. The number of hydrogen-bond acceptors (Lipinski definition) is 2. The summed E-state index contributed by atoms with van der Waals surface area (Å²) >= 11 is 0. The van der Waals surface area contributed by atoms with Crippen LogP contribution in [0, 0.1) is 5.92 Å². The summed E-state index contributed by atoms with van der Waals surface area (Å²) in [6.45, 7) is 0.555. The fourth-order valence-corrected chi connectivity index (χ4v) is 0.743. The molecule has 78 valence electrons. The predicted molar refractivity (Wildman–Crippen MR) is 41.9 cm³/mol. The molecule has 0 saturated carbocycles. The van der Waals surface area contributed by atoms with Gasteiger partial charge in [-0.05, 0) is 13.0 Å². The Labute approximate surface area is 74.5 Å². The van der Waals surface area contributed by atoms with E-state index in [0.29, 0.717) is 13.0 Å². The van der Waals surface area contributed by atoms with Crippen molar-refractivity contribution >= 4 is 5.91 Å². The maximum Gasteiger partial charge on any atom is 0.405 e. The largest absolute Gasteiger partial charge is 0.405 e. The number of alkyl halides is 3. The smallest absolute Gasteiger partial charge is 0.347 e. The Morgan fingerprint density at radius 3 is 2.46 bits per heavy atom. The summed E-state index contributed by atoms with van der Waals surface area (Å²) in [5, 5.41) is 1.79. The zero-order valence-electron chi connectivity index (χ0n) is 7.32. The average molecular weight is 198 g/mol. The van der Waals surface area contributed by atoms with Crippen molar-refractivity contribution in [2.45, 2.75) is 19.5 Å². The zero-order valence-corrected chi connectivity index (χ0v) is 7.32. The van der Waals surface area contributed by atoms with Crippen LogP contribution in [-0.2, 0) is 4.79 Å². The van der Waals surface area contributed by atoms with E-state index in [9.17, 15) is 18.0 Å². The molecule has 0 aromatic heterocycles. The summed E-state index contributed by atoms with van der Waals surface area (Å²) in [6.07, 6.45) is -3.96. The Hall–Kier alpha value is -0.780. The van der Waals surface area contributed by atoms with Crippen molar-refractivity contribution in [1.29, 1.82) is 0 Å². The van der Waals surface area contributed by atoms with Gasteiger partial charge in [0.25, 0.3) is 0 Å². The first-order valence-electron chi connectivity index (χ1n) is 3.91. The standard InChI is InChI=1S/C7H13F3N2O/c1-5(2-3-11)6(13)12-4-7(8,9)10/h5H,2-4,11H2,1H3,(H,12,13). The molecule has 0 aliphatic carbocycles. The molecule has 6 heteroatoms.